The van der Waals surface area contributed by atoms with E-state index in [-0.39, 0.29) is 5.91 Å². The number of benzene rings is 2. The summed E-state index contributed by atoms with van der Waals surface area (Å²) >= 11 is 7.75. The number of ether oxygens (including phenoxy) is 1. The fourth-order valence-electron chi connectivity index (χ4n) is 2.10. The molecule has 2 aromatic carbocycles. The van der Waals surface area contributed by atoms with Gasteiger partial charge in [0, 0.05) is 15.2 Å². The highest BCUT2D eigenvalue weighted by Gasteiger charge is 2.12. The van der Waals surface area contributed by atoms with Crippen LogP contribution >= 0.6 is 23.4 Å². The van der Waals surface area contributed by atoms with Crippen LogP contribution in [-0.2, 0) is 0 Å². The molecule has 0 atom stereocenters. The highest BCUT2D eigenvalue weighted by molar-refractivity contribution is 8.00. The lowest BCUT2D eigenvalue weighted by Gasteiger charge is -2.12. The highest BCUT2D eigenvalue weighted by Crippen LogP contribution is 2.26. The normalized spacial score (nSPS) is 10.7. The van der Waals surface area contributed by atoms with Gasteiger partial charge in [0.05, 0.1) is 12.1 Å². The molecule has 3 nitrogen and oxygen atoms in total. The van der Waals surface area contributed by atoms with Crippen LogP contribution < -0.4 is 10.1 Å². The smallest absolute Gasteiger partial charge is 0.252 e. The van der Waals surface area contributed by atoms with Gasteiger partial charge in [-0.15, -0.1) is 11.8 Å². The third kappa shape index (κ3) is 5.46. The molecule has 0 aliphatic heterocycles. The summed E-state index contributed by atoms with van der Waals surface area (Å²) in [5.74, 6) is 0.625. The first-order chi connectivity index (χ1) is 11.5. The molecular formula is C19H22ClNO2S. The second-order valence-electron chi connectivity index (χ2n) is 5.68. The lowest BCUT2D eigenvalue weighted by atomic mass is 10.2. The Morgan fingerprint density at radius 2 is 2.00 bits per heavy atom. The zero-order chi connectivity index (χ0) is 17.5. The van der Waals surface area contributed by atoms with Crippen molar-refractivity contribution in [3.63, 3.8) is 0 Å². The van der Waals surface area contributed by atoms with Gasteiger partial charge in [0.1, 0.15) is 12.4 Å². The fraction of sp³-hybridized carbons (Fsp3) is 0.316. The average molecular weight is 364 g/mol. The molecule has 1 N–H and O–H groups in total. The molecule has 2 rings (SSSR count). The van der Waals surface area contributed by atoms with Crippen LogP contribution in [0.1, 0.15) is 29.8 Å². The van der Waals surface area contributed by atoms with Crippen LogP contribution in [-0.4, -0.2) is 24.3 Å². The van der Waals surface area contributed by atoms with E-state index in [1.54, 1.807) is 17.8 Å². The molecule has 24 heavy (non-hydrogen) atoms. The van der Waals surface area contributed by atoms with E-state index in [0.29, 0.717) is 34.7 Å². The van der Waals surface area contributed by atoms with Crippen molar-refractivity contribution in [2.75, 3.05) is 13.2 Å². The quantitative estimate of drug-likeness (QED) is 0.558. The van der Waals surface area contributed by atoms with Crippen molar-refractivity contribution in [3.8, 4) is 5.75 Å². The minimum atomic E-state index is -0.0794. The molecule has 0 radical (unpaired) electrons. The number of rotatable bonds is 7. The summed E-state index contributed by atoms with van der Waals surface area (Å²) in [5.41, 5.74) is 1.71. The molecule has 1 amide bonds. The first-order valence-corrected chi connectivity index (χ1v) is 9.16. The van der Waals surface area contributed by atoms with Gasteiger partial charge in [-0.2, -0.15) is 0 Å². The van der Waals surface area contributed by atoms with Gasteiger partial charge in [0.15, 0.2) is 0 Å². The summed E-state index contributed by atoms with van der Waals surface area (Å²) in [7, 11) is 0. The summed E-state index contributed by atoms with van der Waals surface area (Å²) in [4.78, 5) is 13.4. The second kappa shape index (κ2) is 9.00. The maximum Gasteiger partial charge on any atom is 0.252 e. The molecule has 0 unspecified atom stereocenters. The predicted molar refractivity (Wildman–Crippen MR) is 101 cm³/mol. The predicted octanol–water partition coefficient (Wildman–Crippen LogP) is 4.96. The van der Waals surface area contributed by atoms with Crippen LogP contribution in [0.4, 0.5) is 0 Å². The monoisotopic (exact) mass is 363 g/mol. The Bertz CT molecular complexity index is 704. The van der Waals surface area contributed by atoms with Gasteiger partial charge in [-0.05, 0) is 36.8 Å². The van der Waals surface area contributed by atoms with Gasteiger partial charge in [0.25, 0.3) is 5.91 Å². The highest BCUT2D eigenvalue weighted by atomic mass is 35.5. The topological polar surface area (TPSA) is 38.3 Å². The van der Waals surface area contributed by atoms with Crippen LogP contribution in [0.2, 0.25) is 5.02 Å². The van der Waals surface area contributed by atoms with Crippen LogP contribution in [0.15, 0.2) is 47.4 Å². The fourth-order valence-corrected chi connectivity index (χ4v) is 3.23. The van der Waals surface area contributed by atoms with Crippen molar-refractivity contribution in [1.82, 2.24) is 5.32 Å². The van der Waals surface area contributed by atoms with E-state index < -0.39 is 0 Å². The third-order valence-corrected chi connectivity index (χ3v) is 4.78. The molecule has 5 heteroatoms. The lowest BCUT2D eigenvalue weighted by molar-refractivity contribution is 0.0944. The van der Waals surface area contributed by atoms with Gasteiger partial charge in [-0.3, -0.25) is 4.79 Å². The average Bonchev–Trinajstić information content (AvgIpc) is 2.54. The number of halogens is 1. The Kier molecular flexibility index (Phi) is 7.00. The molecule has 0 saturated heterocycles. The number of carbonyl (C=O) groups excluding carboxylic acids is 1. The largest absolute Gasteiger partial charge is 0.492 e. The Hall–Kier alpha value is -1.65. The van der Waals surface area contributed by atoms with Crippen LogP contribution in [0, 0.1) is 6.92 Å². The van der Waals surface area contributed by atoms with Gasteiger partial charge in [-0.1, -0.05) is 43.6 Å². The lowest BCUT2D eigenvalue weighted by Crippen LogP contribution is -2.28. The zero-order valence-electron chi connectivity index (χ0n) is 14.1. The minimum Gasteiger partial charge on any atom is -0.492 e. The summed E-state index contributed by atoms with van der Waals surface area (Å²) in [6.45, 7) is 6.99. The number of amides is 1. The van der Waals surface area contributed by atoms with E-state index >= 15 is 0 Å². The standard InChI is InChI=1S/C19H22ClNO2S/c1-13(2)24-18-7-5-4-6-16(18)19(22)21-10-11-23-15-9-8-14(3)17(20)12-15/h4-9,12-13H,10-11H2,1-3H3,(H,21,22). The first-order valence-electron chi connectivity index (χ1n) is 7.90. The molecule has 0 aliphatic carbocycles. The van der Waals surface area contributed by atoms with Crippen molar-refractivity contribution in [3.05, 3.63) is 58.6 Å². The summed E-state index contributed by atoms with van der Waals surface area (Å²) in [6.07, 6.45) is 0. The molecular weight excluding hydrogens is 342 g/mol. The van der Waals surface area contributed by atoms with E-state index in [4.69, 9.17) is 16.3 Å². The van der Waals surface area contributed by atoms with E-state index in [1.165, 1.54) is 0 Å². The van der Waals surface area contributed by atoms with E-state index in [1.807, 2.05) is 43.3 Å². The molecule has 0 heterocycles. The number of carbonyl (C=O) groups is 1. The Morgan fingerprint density at radius 3 is 2.71 bits per heavy atom. The van der Waals surface area contributed by atoms with Crippen LogP contribution in [0.5, 0.6) is 5.75 Å². The molecule has 0 saturated carbocycles. The van der Waals surface area contributed by atoms with Gasteiger partial charge >= 0.3 is 0 Å². The van der Waals surface area contributed by atoms with E-state index in [0.717, 1.165) is 10.5 Å². The van der Waals surface area contributed by atoms with Gasteiger partial charge < -0.3 is 10.1 Å². The van der Waals surface area contributed by atoms with Crippen molar-refractivity contribution in [1.29, 1.82) is 0 Å². The number of thioether (sulfide) groups is 1. The molecule has 128 valence electrons. The Balaban J connectivity index is 1.86. The summed E-state index contributed by atoms with van der Waals surface area (Å²) in [5, 5.41) is 4.00. The van der Waals surface area contributed by atoms with Crippen molar-refractivity contribution in [2.45, 2.75) is 30.9 Å². The van der Waals surface area contributed by atoms with Crippen LogP contribution in [0.25, 0.3) is 0 Å². The Morgan fingerprint density at radius 1 is 1.25 bits per heavy atom. The van der Waals surface area contributed by atoms with Crippen molar-refractivity contribution < 1.29 is 9.53 Å². The third-order valence-electron chi connectivity index (χ3n) is 3.29. The molecule has 0 aliphatic rings. The number of nitrogens with one attached hydrogen (secondary N) is 1. The van der Waals surface area contributed by atoms with Crippen molar-refractivity contribution in [2.24, 2.45) is 0 Å². The second-order valence-corrected chi connectivity index (χ2v) is 7.70. The van der Waals surface area contributed by atoms with E-state index in [9.17, 15) is 4.79 Å². The summed E-state index contributed by atoms with van der Waals surface area (Å²) in [6, 6.07) is 13.2. The molecule has 0 aromatic heterocycles. The number of hydrogen-bond acceptors (Lipinski definition) is 3. The summed E-state index contributed by atoms with van der Waals surface area (Å²) < 4.78 is 5.62. The zero-order valence-corrected chi connectivity index (χ0v) is 15.7. The molecule has 2 aromatic rings. The minimum absolute atomic E-state index is 0.0794. The molecule has 0 spiro atoms. The van der Waals surface area contributed by atoms with Crippen LogP contribution in [0.3, 0.4) is 0 Å². The Labute approximate surface area is 152 Å². The maximum atomic E-state index is 12.4. The number of hydrogen-bond donors (Lipinski definition) is 1. The molecule has 0 bridgehead atoms. The van der Waals surface area contributed by atoms with E-state index in [2.05, 4.69) is 19.2 Å². The number of aryl methyl sites for hydroxylation is 1. The van der Waals surface area contributed by atoms with Crippen molar-refractivity contribution >= 4 is 29.3 Å². The van der Waals surface area contributed by atoms with Gasteiger partial charge in [-0.25, -0.2) is 0 Å². The first kappa shape index (κ1) is 18.7. The SMILES string of the molecule is Cc1ccc(OCCNC(=O)c2ccccc2SC(C)C)cc1Cl. The maximum absolute atomic E-state index is 12.4. The molecule has 0 fully saturated rings. The van der Waals surface area contributed by atoms with Gasteiger partial charge in [0.2, 0.25) is 0 Å².